The molecule has 0 aliphatic rings. The molecule has 0 unspecified atom stereocenters. The topological polar surface area (TPSA) is 61.0 Å². The molecule has 1 aromatic carbocycles. The number of nitrogens with two attached hydrogens (primary N) is 1. The highest BCUT2D eigenvalue weighted by Gasteiger charge is 2.08. The van der Waals surface area contributed by atoms with E-state index < -0.39 is 0 Å². The molecule has 0 atom stereocenters. The molecule has 3 rings (SSSR count). The molecule has 0 aliphatic heterocycles. The normalized spacial score (nSPS) is 10.7. The highest BCUT2D eigenvalue weighted by Crippen LogP contribution is 2.30. The lowest BCUT2D eigenvalue weighted by atomic mass is 10.2. The molecule has 90 valence electrons. The molecule has 0 spiro atoms. The van der Waals surface area contributed by atoms with Gasteiger partial charge in [-0.2, -0.15) is 0 Å². The summed E-state index contributed by atoms with van der Waals surface area (Å²) in [6, 6.07) is 9.65. The van der Waals surface area contributed by atoms with Crippen molar-refractivity contribution in [2.24, 2.45) is 5.73 Å². The van der Waals surface area contributed by atoms with Crippen molar-refractivity contribution in [3.63, 3.8) is 0 Å². The Balaban J connectivity index is 2.04. The van der Waals surface area contributed by atoms with Crippen molar-refractivity contribution in [3.05, 3.63) is 47.6 Å². The third-order valence-corrected chi connectivity index (χ3v) is 3.45. The van der Waals surface area contributed by atoms with Gasteiger partial charge >= 0.3 is 0 Å². The van der Waals surface area contributed by atoms with Gasteiger partial charge in [0.05, 0.1) is 5.39 Å². The van der Waals surface area contributed by atoms with Crippen molar-refractivity contribution >= 4 is 21.6 Å². The van der Waals surface area contributed by atoms with E-state index in [9.17, 15) is 0 Å². The SMILES string of the molecule is NCc1ccccc1Oc1ncnc2sccc12. The van der Waals surface area contributed by atoms with Crippen LogP contribution >= 0.6 is 11.3 Å². The van der Waals surface area contributed by atoms with Crippen LogP contribution < -0.4 is 10.5 Å². The minimum absolute atomic E-state index is 0.439. The average molecular weight is 257 g/mol. The van der Waals surface area contributed by atoms with Crippen LogP contribution in [-0.4, -0.2) is 9.97 Å². The van der Waals surface area contributed by atoms with Gasteiger partial charge in [0.2, 0.25) is 5.88 Å². The third-order valence-electron chi connectivity index (χ3n) is 2.62. The molecule has 2 N–H and O–H groups in total. The predicted molar refractivity (Wildman–Crippen MR) is 71.8 cm³/mol. The molecule has 0 saturated carbocycles. The minimum atomic E-state index is 0.439. The molecular weight excluding hydrogens is 246 g/mol. The third kappa shape index (κ3) is 1.94. The summed E-state index contributed by atoms with van der Waals surface area (Å²) in [5.74, 6) is 1.31. The number of aromatic nitrogens is 2. The molecule has 2 aromatic heterocycles. The number of hydrogen-bond acceptors (Lipinski definition) is 5. The van der Waals surface area contributed by atoms with Crippen molar-refractivity contribution in [2.75, 3.05) is 0 Å². The molecule has 0 amide bonds. The number of nitrogens with zero attached hydrogens (tertiary/aromatic N) is 2. The number of benzene rings is 1. The van der Waals surface area contributed by atoms with Gasteiger partial charge in [0.15, 0.2) is 0 Å². The van der Waals surface area contributed by atoms with E-state index in [-0.39, 0.29) is 0 Å². The number of rotatable bonds is 3. The fraction of sp³-hybridized carbons (Fsp3) is 0.0769. The van der Waals surface area contributed by atoms with Gasteiger partial charge in [-0.25, -0.2) is 9.97 Å². The summed E-state index contributed by atoms with van der Waals surface area (Å²) in [4.78, 5) is 9.29. The molecule has 5 heteroatoms. The summed E-state index contributed by atoms with van der Waals surface area (Å²) in [5.41, 5.74) is 6.64. The van der Waals surface area contributed by atoms with Gasteiger partial charge in [-0.1, -0.05) is 18.2 Å². The Hall–Kier alpha value is -1.98. The smallest absolute Gasteiger partial charge is 0.231 e. The summed E-state index contributed by atoms with van der Waals surface area (Å²) < 4.78 is 5.85. The molecule has 0 fully saturated rings. The maximum Gasteiger partial charge on any atom is 0.231 e. The van der Waals surface area contributed by atoms with Crippen LogP contribution in [0.4, 0.5) is 0 Å². The van der Waals surface area contributed by atoms with Gasteiger partial charge in [-0.15, -0.1) is 11.3 Å². The first kappa shape index (κ1) is 11.1. The first-order valence-electron chi connectivity index (χ1n) is 5.52. The Bertz CT molecular complexity index is 681. The number of ether oxygens (including phenoxy) is 1. The fourth-order valence-corrected chi connectivity index (χ4v) is 2.45. The zero-order valence-corrected chi connectivity index (χ0v) is 10.4. The Morgan fingerprint density at radius 1 is 1.17 bits per heavy atom. The van der Waals surface area contributed by atoms with E-state index in [2.05, 4.69) is 9.97 Å². The van der Waals surface area contributed by atoms with Gasteiger partial charge in [-0.3, -0.25) is 0 Å². The molecule has 0 saturated heterocycles. The standard InChI is InChI=1S/C13H11N3OS/c14-7-9-3-1-2-4-11(9)17-12-10-5-6-18-13(10)16-8-15-12/h1-6,8H,7,14H2. The summed E-state index contributed by atoms with van der Waals surface area (Å²) in [5, 5.41) is 2.90. The average Bonchev–Trinajstić information content (AvgIpc) is 2.89. The van der Waals surface area contributed by atoms with Gasteiger partial charge in [0.1, 0.15) is 16.9 Å². The Morgan fingerprint density at radius 3 is 2.94 bits per heavy atom. The monoisotopic (exact) mass is 257 g/mol. The van der Waals surface area contributed by atoms with E-state index in [1.54, 1.807) is 11.3 Å². The summed E-state index contributed by atoms with van der Waals surface area (Å²) >= 11 is 1.57. The van der Waals surface area contributed by atoms with Gasteiger partial charge < -0.3 is 10.5 Å². The van der Waals surface area contributed by atoms with Crippen LogP contribution in [0, 0.1) is 0 Å². The van der Waals surface area contributed by atoms with Crippen LogP contribution in [0.25, 0.3) is 10.2 Å². The van der Waals surface area contributed by atoms with E-state index in [0.29, 0.717) is 12.4 Å². The number of thiophene rings is 1. The largest absolute Gasteiger partial charge is 0.438 e. The van der Waals surface area contributed by atoms with Crippen molar-refractivity contribution in [1.82, 2.24) is 9.97 Å². The molecule has 3 aromatic rings. The summed E-state index contributed by atoms with van der Waals surface area (Å²) in [6.45, 7) is 0.439. The Kier molecular flexibility index (Phi) is 2.92. The second-order valence-corrected chi connectivity index (χ2v) is 4.63. The maximum atomic E-state index is 5.85. The zero-order chi connectivity index (χ0) is 12.4. The highest BCUT2D eigenvalue weighted by molar-refractivity contribution is 7.16. The van der Waals surface area contributed by atoms with Gasteiger partial charge in [0, 0.05) is 12.1 Å². The van der Waals surface area contributed by atoms with E-state index in [4.69, 9.17) is 10.5 Å². The molecule has 4 nitrogen and oxygen atoms in total. The second-order valence-electron chi connectivity index (χ2n) is 3.73. The first-order chi connectivity index (χ1) is 8.88. The lowest BCUT2D eigenvalue weighted by molar-refractivity contribution is 0.462. The van der Waals surface area contributed by atoms with Crippen LogP contribution in [0.2, 0.25) is 0 Å². The lowest BCUT2D eigenvalue weighted by Crippen LogP contribution is -1.99. The van der Waals surface area contributed by atoms with Crippen molar-refractivity contribution in [1.29, 1.82) is 0 Å². The van der Waals surface area contributed by atoms with Crippen molar-refractivity contribution < 1.29 is 4.74 Å². The molecule has 18 heavy (non-hydrogen) atoms. The van der Waals surface area contributed by atoms with E-state index in [1.165, 1.54) is 6.33 Å². The summed E-state index contributed by atoms with van der Waals surface area (Å²) in [7, 11) is 0. The highest BCUT2D eigenvalue weighted by atomic mass is 32.1. The number of fused-ring (bicyclic) bond motifs is 1. The number of para-hydroxylation sites is 1. The maximum absolute atomic E-state index is 5.85. The van der Waals surface area contributed by atoms with Gasteiger partial charge in [-0.05, 0) is 17.5 Å². The van der Waals surface area contributed by atoms with Gasteiger partial charge in [0.25, 0.3) is 0 Å². The Morgan fingerprint density at radius 2 is 2.06 bits per heavy atom. The molecule has 2 heterocycles. The van der Waals surface area contributed by atoms with Crippen LogP contribution in [0.3, 0.4) is 0 Å². The molecule has 0 aliphatic carbocycles. The van der Waals surface area contributed by atoms with Crippen LogP contribution in [0.5, 0.6) is 11.6 Å². The Labute approximate surface area is 108 Å². The van der Waals surface area contributed by atoms with Crippen LogP contribution in [0.15, 0.2) is 42.0 Å². The predicted octanol–water partition coefficient (Wildman–Crippen LogP) is 2.94. The minimum Gasteiger partial charge on any atom is -0.438 e. The zero-order valence-electron chi connectivity index (χ0n) is 9.54. The van der Waals surface area contributed by atoms with Crippen LogP contribution in [-0.2, 0) is 6.54 Å². The van der Waals surface area contributed by atoms with Crippen molar-refractivity contribution in [3.8, 4) is 11.6 Å². The van der Waals surface area contributed by atoms with Crippen LogP contribution in [0.1, 0.15) is 5.56 Å². The van der Waals surface area contributed by atoms with E-state index >= 15 is 0 Å². The van der Waals surface area contributed by atoms with E-state index in [1.807, 2.05) is 35.7 Å². The molecule has 0 radical (unpaired) electrons. The second kappa shape index (κ2) is 4.72. The quantitative estimate of drug-likeness (QED) is 0.783. The lowest BCUT2D eigenvalue weighted by Gasteiger charge is -2.09. The summed E-state index contributed by atoms with van der Waals surface area (Å²) in [6.07, 6.45) is 1.51. The number of hydrogen-bond donors (Lipinski definition) is 1. The first-order valence-corrected chi connectivity index (χ1v) is 6.40. The van der Waals surface area contributed by atoms with E-state index in [0.717, 1.165) is 21.5 Å². The fourth-order valence-electron chi connectivity index (χ4n) is 1.72. The molecular formula is C13H11N3OS. The molecule has 0 bridgehead atoms. The van der Waals surface area contributed by atoms with Crippen molar-refractivity contribution in [2.45, 2.75) is 6.54 Å².